The second-order valence-corrected chi connectivity index (χ2v) is 10.1. The fourth-order valence-electron chi connectivity index (χ4n) is 4.25. The second kappa shape index (κ2) is 9.91. The zero-order valence-electron chi connectivity index (χ0n) is 17.6. The van der Waals surface area contributed by atoms with Crippen molar-refractivity contribution in [2.75, 3.05) is 52.7 Å². The number of aliphatic imine (C=N–C) groups is 1. The Morgan fingerprint density at radius 2 is 1.79 bits per heavy atom. The highest BCUT2D eigenvalue weighted by Crippen LogP contribution is 2.30. The normalized spacial score (nSPS) is 20.6. The number of hydrogen-bond donors (Lipinski definition) is 2. The van der Waals surface area contributed by atoms with Gasteiger partial charge in [0.2, 0.25) is 0 Å². The number of sulfone groups is 1. The zero-order valence-corrected chi connectivity index (χ0v) is 18.4. The van der Waals surface area contributed by atoms with Crippen molar-refractivity contribution in [3.05, 3.63) is 29.8 Å². The molecule has 0 saturated carbocycles. The molecule has 0 aromatic heterocycles. The van der Waals surface area contributed by atoms with Gasteiger partial charge < -0.3 is 15.4 Å². The van der Waals surface area contributed by atoms with Crippen LogP contribution >= 0.6 is 0 Å². The Labute approximate surface area is 174 Å². The zero-order chi connectivity index (χ0) is 20.7. The van der Waals surface area contributed by atoms with Crippen molar-refractivity contribution in [3.8, 4) is 0 Å². The van der Waals surface area contributed by atoms with Crippen LogP contribution in [0, 0.1) is 0 Å². The predicted octanol–water partition coefficient (Wildman–Crippen LogP) is 1.44. The van der Waals surface area contributed by atoms with Gasteiger partial charge in [-0.3, -0.25) is 9.89 Å². The molecule has 162 valence electrons. The highest BCUT2D eigenvalue weighted by molar-refractivity contribution is 7.90. The Balaban J connectivity index is 1.50. The third-order valence-corrected chi connectivity index (χ3v) is 7.19. The highest BCUT2D eigenvalue weighted by Gasteiger charge is 2.39. The summed E-state index contributed by atoms with van der Waals surface area (Å²) >= 11 is 0. The van der Waals surface area contributed by atoms with Crippen molar-refractivity contribution in [1.82, 2.24) is 15.5 Å². The molecule has 2 N–H and O–H groups in total. The van der Waals surface area contributed by atoms with Crippen LogP contribution in [0.3, 0.4) is 0 Å². The lowest BCUT2D eigenvalue weighted by Crippen LogP contribution is -2.58. The van der Waals surface area contributed by atoms with Gasteiger partial charge in [0.15, 0.2) is 15.8 Å². The smallest absolute Gasteiger partial charge is 0.191 e. The molecule has 0 aliphatic carbocycles. The van der Waals surface area contributed by atoms with Crippen LogP contribution in [0.1, 0.15) is 31.2 Å². The molecule has 3 rings (SSSR count). The lowest BCUT2D eigenvalue weighted by atomic mass is 9.88. The van der Waals surface area contributed by atoms with E-state index in [1.54, 1.807) is 19.2 Å². The summed E-state index contributed by atoms with van der Waals surface area (Å²) in [6.45, 7) is 5.62. The molecule has 0 bridgehead atoms. The van der Waals surface area contributed by atoms with Gasteiger partial charge >= 0.3 is 0 Å². The fraction of sp³-hybridized carbons (Fsp3) is 0.667. The molecule has 0 atom stereocenters. The van der Waals surface area contributed by atoms with E-state index in [-0.39, 0.29) is 5.54 Å². The highest BCUT2D eigenvalue weighted by atomic mass is 32.2. The van der Waals surface area contributed by atoms with Crippen LogP contribution in [-0.2, 0) is 21.0 Å². The van der Waals surface area contributed by atoms with Crippen molar-refractivity contribution in [2.24, 2.45) is 4.99 Å². The predicted molar refractivity (Wildman–Crippen MR) is 116 cm³/mol. The van der Waals surface area contributed by atoms with Gasteiger partial charge in [0.05, 0.1) is 4.90 Å². The number of benzene rings is 1. The lowest BCUT2D eigenvalue weighted by molar-refractivity contribution is -0.0164. The Morgan fingerprint density at radius 1 is 1.14 bits per heavy atom. The molecule has 0 radical (unpaired) electrons. The first-order chi connectivity index (χ1) is 13.9. The van der Waals surface area contributed by atoms with Gasteiger partial charge in [0.1, 0.15) is 0 Å². The molecule has 0 spiro atoms. The van der Waals surface area contributed by atoms with E-state index in [4.69, 9.17) is 4.74 Å². The van der Waals surface area contributed by atoms with Crippen molar-refractivity contribution >= 4 is 15.8 Å². The molecule has 2 heterocycles. The van der Waals surface area contributed by atoms with Crippen molar-refractivity contribution in [1.29, 1.82) is 0 Å². The van der Waals surface area contributed by atoms with Gasteiger partial charge in [0.25, 0.3) is 0 Å². The maximum atomic E-state index is 11.6. The number of nitrogens with one attached hydrogen (secondary N) is 2. The van der Waals surface area contributed by atoms with Crippen LogP contribution in [0.15, 0.2) is 34.2 Å². The first-order valence-corrected chi connectivity index (χ1v) is 12.4. The van der Waals surface area contributed by atoms with E-state index in [9.17, 15) is 8.42 Å². The molecule has 2 saturated heterocycles. The average Bonchev–Trinajstić information content (AvgIpc) is 3.26. The molecule has 1 aromatic rings. The third kappa shape index (κ3) is 5.93. The Kier molecular flexibility index (Phi) is 7.54. The number of hydrogen-bond acceptors (Lipinski definition) is 5. The maximum Gasteiger partial charge on any atom is 0.191 e. The van der Waals surface area contributed by atoms with Crippen LogP contribution < -0.4 is 10.6 Å². The molecule has 7 nitrogen and oxygen atoms in total. The van der Waals surface area contributed by atoms with Gasteiger partial charge in [-0.25, -0.2) is 8.42 Å². The van der Waals surface area contributed by atoms with E-state index >= 15 is 0 Å². The summed E-state index contributed by atoms with van der Waals surface area (Å²) in [4.78, 5) is 7.37. The van der Waals surface area contributed by atoms with Gasteiger partial charge in [-0.2, -0.15) is 0 Å². The molecule has 0 amide bonds. The minimum atomic E-state index is -3.15. The van der Waals surface area contributed by atoms with Crippen LogP contribution in [0.2, 0.25) is 0 Å². The SMILES string of the molecule is CN=C(NCCc1ccc(S(C)(=O)=O)cc1)NCC1(N2CCCC2)CCOCC1. The van der Waals surface area contributed by atoms with Gasteiger partial charge in [0, 0.05) is 45.1 Å². The topological polar surface area (TPSA) is 83.0 Å². The van der Waals surface area contributed by atoms with Gasteiger partial charge in [-0.1, -0.05) is 12.1 Å². The maximum absolute atomic E-state index is 11.6. The van der Waals surface area contributed by atoms with Crippen LogP contribution in [0.5, 0.6) is 0 Å². The summed E-state index contributed by atoms with van der Waals surface area (Å²) in [6, 6.07) is 7.09. The Bertz CT molecular complexity index is 781. The van der Waals surface area contributed by atoms with Crippen molar-refractivity contribution in [2.45, 2.75) is 42.5 Å². The molecule has 2 aliphatic heterocycles. The molecule has 8 heteroatoms. The van der Waals surface area contributed by atoms with Gasteiger partial charge in [-0.05, 0) is 62.9 Å². The Morgan fingerprint density at radius 3 is 2.38 bits per heavy atom. The molecular formula is C21H34N4O3S. The monoisotopic (exact) mass is 422 g/mol. The van der Waals surface area contributed by atoms with Crippen LogP contribution in [-0.4, -0.2) is 77.5 Å². The minimum absolute atomic E-state index is 0.161. The van der Waals surface area contributed by atoms with Crippen LogP contribution in [0.25, 0.3) is 0 Å². The summed E-state index contributed by atoms with van der Waals surface area (Å²) in [7, 11) is -1.35. The van der Waals surface area contributed by atoms with E-state index in [0.717, 1.165) is 57.1 Å². The van der Waals surface area contributed by atoms with E-state index in [1.165, 1.54) is 32.2 Å². The number of guanidine groups is 1. The lowest BCUT2D eigenvalue weighted by Gasteiger charge is -2.45. The number of likely N-dealkylation sites (tertiary alicyclic amines) is 1. The summed E-state index contributed by atoms with van der Waals surface area (Å²) in [5.41, 5.74) is 1.26. The number of rotatable bonds is 7. The second-order valence-electron chi connectivity index (χ2n) is 8.05. The summed E-state index contributed by atoms with van der Waals surface area (Å²) in [5.74, 6) is 0.808. The molecule has 1 aromatic carbocycles. The van der Waals surface area contributed by atoms with E-state index in [2.05, 4.69) is 20.5 Å². The summed E-state index contributed by atoms with van der Waals surface area (Å²) in [5, 5.41) is 6.92. The quantitative estimate of drug-likeness (QED) is 0.511. The largest absolute Gasteiger partial charge is 0.381 e. The van der Waals surface area contributed by atoms with E-state index < -0.39 is 9.84 Å². The van der Waals surface area contributed by atoms with Gasteiger partial charge in [-0.15, -0.1) is 0 Å². The summed E-state index contributed by atoms with van der Waals surface area (Å²) in [6.07, 6.45) is 6.72. The molecule has 0 unspecified atom stereocenters. The minimum Gasteiger partial charge on any atom is -0.381 e. The molecule has 29 heavy (non-hydrogen) atoms. The Hall–Kier alpha value is -1.64. The first-order valence-electron chi connectivity index (χ1n) is 10.5. The standard InChI is InChI=1S/C21H34N4O3S/c1-22-20(23-12-9-18-5-7-19(8-6-18)29(2,26)27)24-17-21(10-15-28-16-11-21)25-13-3-4-14-25/h5-8H,3-4,9-17H2,1-2H3,(H2,22,23,24). The number of ether oxygens (including phenoxy) is 1. The summed E-state index contributed by atoms with van der Waals surface area (Å²) < 4.78 is 28.7. The molecule has 2 fully saturated rings. The van der Waals surface area contributed by atoms with Crippen molar-refractivity contribution in [3.63, 3.8) is 0 Å². The average molecular weight is 423 g/mol. The molecular weight excluding hydrogens is 388 g/mol. The fourth-order valence-corrected chi connectivity index (χ4v) is 4.88. The van der Waals surface area contributed by atoms with Crippen molar-refractivity contribution < 1.29 is 13.2 Å². The third-order valence-electron chi connectivity index (χ3n) is 6.07. The van der Waals surface area contributed by atoms with E-state index in [0.29, 0.717) is 4.90 Å². The first kappa shape index (κ1) is 22.1. The van der Waals surface area contributed by atoms with Crippen LogP contribution in [0.4, 0.5) is 0 Å². The molecule has 2 aliphatic rings. The van der Waals surface area contributed by atoms with E-state index in [1.807, 2.05) is 12.1 Å². The number of nitrogens with zero attached hydrogens (tertiary/aromatic N) is 2.